The number of halogens is 1. The third kappa shape index (κ3) is 2.32. The van der Waals surface area contributed by atoms with Gasteiger partial charge < -0.3 is 9.47 Å². The number of piperidine rings is 3. The van der Waals surface area contributed by atoms with E-state index >= 15 is 0 Å². The number of benzene rings is 1. The minimum Gasteiger partial charge on any atom is -0.311 e. The first-order valence-electron chi connectivity index (χ1n) is 8.39. The average molecular weight is 348 g/mol. The molecule has 4 aliphatic heterocycles. The lowest BCUT2D eigenvalue weighted by atomic mass is 9.74. The molecule has 0 radical (unpaired) electrons. The van der Waals surface area contributed by atoms with Crippen LogP contribution in [-0.4, -0.2) is 45.5 Å². The van der Waals surface area contributed by atoms with Gasteiger partial charge in [0.1, 0.15) is 11.4 Å². The molecular weight excluding hydrogens is 326 g/mol. The van der Waals surface area contributed by atoms with Gasteiger partial charge in [0.2, 0.25) is 5.95 Å². The van der Waals surface area contributed by atoms with Gasteiger partial charge in [-0.05, 0) is 44.0 Å². The monoisotopic (exact) mass is 347 g/mol. The van der Waals surface area contributed by atoms with Crippen molar-refractivity contribution in [2.24, 2.45) is 18.0 Å². The summed E-state index contributed by atoms with van der Waals surface area (Å²) in [5.41, 5.74) is 5.09. The fourth-order valence-corrected chi connectivity index (χ4v) is 4.37. The first-order chi connectivity index (χ1) is 11.2. The number of para-hydroxylation sites is 2. The Bertz CT molecular complexity index is 795. The number of hydrogen-bond donors (Lipinski definition) is 1. The number of rotatable bonds is 1. The van der Waals surface area contributed by atoms with Gasteiger partial charge in [-0.25, -0.2) is 4.98 Å². The summed E-state index contributed by atoms with van der Waals surface area (Å²) in [5, 5.41) is 0. The van der Waals surface area contributed by atoms with E-state index in [1.165, 1.54) is 25.9 Å². The highest BCUT2D eigenvalue weighted by Gasteiger charge is 2.52. The van der Waals surface area contributed by atoms with Crippen LogP contribution in [0.1, 0.15) is 19.3 Å². The van der Waals surface area contributed by atoms with Gasteiger partial charge >= 0.3 is 0 Å². The van der Waals surface area contributed by atoms with E-state index in [9.17, 15) is 0 Å². The number of fused-ring (bicyclic) bond motifs is 3. The maximum atomic E-state index is 6.05. The molecule has 2 aromatic rings. The molecule has 1 aromatic carbocycles. The summed E-state index contributed by atoms with van der Waals surface area (Å²) in [6.45, 7) is 3.45. The number of aryl methyl sites for hydroxylation is 1. The van der Waals surface area contributed by atoms with Crippen LogP contribution in [0.5, 0.6) is 0 Å². The van der Waals surface area contributed by atoms with Gasteiger partial charge in [0.05, 0.1) is 11.0 Å². The number of hydroxylamine groups is 1. The molecular formula is C17H22ClN5O. The molecule has 24 heavy (non-hydrogen) atoms. The number of nitrogens with one attached hydrogen (secondary N) is 1. The Morgan fingerprint density at radius 1 is 1.29 bits per heavy atom. The zero-order chi connectivity index (χ0) is 15.4. The predicted octanol–water partition coefficient (Wildman–Crippen LogP) is 2.41. The predicted molar refractivity (Wildman–Crippen MR) is 95.8 cm³/mol. The molecule has 0 saturated carbocycles. The lowest BCUT2D eigenvalue weighted by Crippen LogP contribution is -2.59. The fourth-order valence-electron chi connectivity index (χ4n) is 4.37. The summed E-state index contributed by atoms with van der Waals surface area (Å²) in [4.78, 5) is 17.9. The lowest BCUT2D eigenvalue weighted by Gasteiger charge is -2.49. The molecule has 1 spiro atoms. The summed E-state index contributed by atoms with van der Waals surface area (Å²) >= 11 is 0. The highest BCUT2D eigenvalue weighted by molar-refractivity contribution is 5.87. The number of amidine groups is 1. The molecule has 0 aliphatic carbocycles. The van der Waals surface area contributed by atoms with E-state index < -0.39 is 0 Å². The van der Waals surface area contributed by atoms with Gasteiger partial charge in [-0.3, -0.25) is 10.3 Å². The Labute approximate surface area is 147 Å². The second kappa shape index (κ2) is 5.72. The van der Waals surface area contributed by atoms with Crippen LogP contribution in [0.15, 0.2) is 29.3 Å². The van der Waals surface area contributed by atoms with Gasteiger partial charge in [0, 0.05) is 20.0 Å². The Hall–Kier alpha value is -1.63. The van der Waals surface area contributed by atoms with Crippen molar-refractivity contribution in [1.29, 1.82) is 0 Å². The van der Waals surface area contributed by atoms with E-state index in [1.54, 1.807) is 0 Å². The van der Waals surface area contributed by atoms with E-state index in [1.807, 2.05) is 29.8 Å². The maximum absolute atomic E-state index is 6.05. The third-order valence-electron chi connectivity index (χ3n) is 5.66. The molecule has 1 N–H and O–H groups in total. The van der Waals surface area contributed by atoms with E-state index in [0.29, 0.717) is 5.92 Å². The SMILES string of the molecule is Cl.Cn1c(/N=C2/C[C@@]3(CN4CCC3CC4)ON2)nc2ccccc21. The van der Waals surface area contributed by atoms with Crippen LogP contribution >= 0.6 is 12.4 Å². The highest BCUT2D eigenvalue weighted by Crippen LogP contribution is 2.42. The standard InChI is InChI=1S/C17H21N5O.ClH/c1-21-14-5-3-2-4-13(14)18-16(21)19-15-10-17(23-20-15)11-22-8-6-12(17)7-9-22;/h2-5,12H,6-11H2,1H3,(H,18,19,20);1H/t17-;/m0./s1. The van der Waals surface area contributed by atoms with Crippen molar-refractivity contribution in [1.82, 2.24) is 19.9 Å². The van der Waals surface area contributed by atoms with Crippen LogP contribution in [0.2, 0.25) is 0 Å². The summed E-state index contributed by atoms with van der Waals surface area (Å²) in [7, 11) is 2.01. The van der Waals surface area contributed by atoms with Crippen molar-refractivity contribution in [2.45, 2.75) is 24.9 Å². The van der Waals surface area contributed by atoms with Crippen LogP contribution in [0.3, 0.4) is 0 Å². The van der Waals surface area contributed by atoms with E-state index in [2.05, 4.69) is 21.4 Å². The number of hydrogen-bond acceptors (Lipinski definition) is 4. The zero-order valence-electron chi connectivity index (χ0n) is 13.7. The van der Waals surface area contributed by atoms with Crippen molar-refractivity contribution in [3.63, 3.8) is 0 Å². The van der Waals surface area contributed by atoms with E-state index in [0.717, 1.165) is 35.8 Å². The molecule has 0 amide bonds. The largest absolute Gasteiger partial charge is 0.311 e. The summed E-state index contributed by atoms with van der Waals surface area (Å²) in [5.74, 6) is 2.28. The van der Waals surface area contributed by atoms with E-state index in [4.69, 9.17) is 9.83 Å². The van der Waals surface area contributed by atoms with Crippen molar-refractivity contribution in [3.8, 4) is 0 Å². The second-order valence-electron chi connectivity index (χ2n) is 7.01. The third-order valence-corrected chi connectivity index (χ3v) is 5.66. The molecule has 7 heteroatoms. The number of aromatic nitrogens is 2. The van der Waals surface area contributed by atoms with Crippen molar-refractivity contribution >= 4 is 35.2 Å². The topological polar surface area (TPSA) is 54.7 Å². The lowest BCUT2D eigenvalue weighted by molar-refractivity contribution is -0.150. The van der Waals surface area contributed by atoms with Crippen LogP contribution in [0, 0.1) is 5.92 Å². The van der Waals surface area contributed by atoms with Crippen molar-refractivity contribution in [2.75, 3.05) is 19.6 Å². The maximum Gasteiger partial charge on any atom is 0.232 e. The minimum absolute atomic E-state index is 0. The molecule has 5 heterocycles. The zero-order valence-corrected chi connectivity index (χ0v) is 14.6. The first-order valence-corrected chi connectivity index (χ1v) is 8.39. The fraction of sp³-hybridized carbons (Fsp3) is 0.529. The molecule has 2 bridgehead atoms. The van der Waals surface area contributed by atoms with Gasteiger partial charge in [-0.2, -0.15) is 4.99 Å². The molecule has 4 fully saturated rings. The number of aliphatic imine (C=N–C) groups is 1. The molecule has 1 atom stereocenters. The summed E-state index contributed by atoms with van der Waals surface area (Å²) in [6, 6.07) is 8.12. The first kappa shape index (κ1) is 15.9. The summed E-state index contributed by atoms with van der Waals surface area (Å²) < 4.78 is 2.03. The van der Waals surface area contributed by atoms with E-state index in [-0.39, 0.29) is 18.0 Å². The molecule has 6 nitrogen and oxygen atoms in total. The number of nitrogens with zero attached hydrogens (tertiary/aromatic N) is 4. The Morgan fingerprint density at radius 2 is 2.08 bits per heavy atom. The van der Waals surface area contributed by atoms with Gasteiger partial charge in [-0.15, -0.1) is 12.4 Å². The summed E-state index contributed by atoms with van der Waals surface area (Å²) in [6.07, 6.45) is 3.33. The van der Waals surface area contributed by atoms with Crippen molar-refractivity contribution in [3.05, 3.63) is 24.3 Å². The van der Waals surface area contributed by atoms with Crippen LogP contribution in [0.25, 0.3) is 11.0 Å². The van der Waals surface area contributed by atoms with Gasteiger partial charge in [0.15, 0.2) is 0 Å². The van der Waals surface area contributed by atoms with Gasteiger partial charge in [0.25, 0.3) is 0 Å². The molecule has 6 rings (SSSR count). The molecule has 4 saturated heterocycles. The quantitative estimate of drug-likeness (QED) is 0.860. The Kier molecular flexibility index (Phi) is 3.78. The smallest absolute Gasteiger partial charge is 0.232 e. The average Bonchev–Trinajstić information content (AvgIpc) is 3.11. The normalized spacial score (nSPS) is 33.1. The Morgan fingerprint density at radius 3 is 2.79 bits per heavy atom. The molecule has 1 aromatic heterocycles. The molecule has 128 valence electrons. The van der Waals surface area contributed by atoms with Crippen molar-refractivity contribution < 1.29 is 4.84 Å². The van der Waals surface area contributed by atoms with Crippen LogP contribution < -0.4 is 5.48 Å². The minimum atomic E-state index is -0.0834. The molecule has 4 aliphatic rings. The van der Waals surface area contributed by atoms with Gasteiger partial charge in [-0.1, -0.05) is 12.1 Å². The highest BCUT2D eigenvalue weighted by atomic mass is 35.5. The van der Waals surface area contributed by atoms with Crippen LogP contribution in [0.4, 0.5) is 5.95 Å². The second-order valence-corrected chi connectivity index (χ2v) is 7.01. The Balaban J connectivity index is 0.00000146. The molecule has 0 unspecified atom stereocenters. The number of imidazole rings is 1. The van der Waals surface area contributed by atoms with Crippen LogP contribution in [-0.2, 0) is 11.9 Å².